The van der Waals surface area contributed by atoms with E-state index in [9.17, 15) is 15.0 Å². The normalized spacial score (nSPS) is 12.3. The first kappa shape index (κ1) is 12.5. The number of thiol groups is 1. The number of pyridine rings is 1. The van der Waals surface area contributed by atoms with E-state index in [-0.39, 0.29) is 18.2 Å². The van der Waals surface area contributed by atoms with Crippen LogP contribution in [-0.2, 0) is 11.2 Å². The molecule has 0 bridgehead atoms. The summed E-state index contributed by atoms with van der Waals surface area (Å²) in [4.78, 5) is 15.7. The Morgan fingerprint density at radius 1 is 1.28 bits per heavy atom. The lowest BCUT2D eigenvalue weighted by molar-refractivity contribution is -0.113. The zero-order chi connectivity index (χ0) is 13.1. The Morgan fingerprint density at radius 3 is 2.44 bits per heavy atom. The highest BCUT2D eigenvalue weighted by atomic mass is 32.1. The number of aromatic hydroxyl groups is 2. The molecule has 1 atom stereocenters. The van der Waals surface area contributed by atoms with Gasteiger partial charge in [-0.3, -0.25) is 14.3 Å². The fraction of sp³-hybridized carbons (Fsp3) is 0.167. The fourth-order valence-electron chi connectivity index (χ4n) is 1.75. The number of hydrogen-bond acceptors (Lipinski definition) is 4. The van der Waals surface area contributed by atoms with Crippen molar-refractivity contribution in [2.45, 2.75) is 12.5 Å². The molecule has 2 aromatic rings. The molecule has 0 radical (unpaired) electrons. The largest absolute Gasteiger partial charge is 0.494 e. The summed E-state index contributed by atoms with van der Waals surface area (Å²) < 4.78 is 1.13. The second-order valence-electron chi connectivity index (χ2n) is 3.80. The Hall–Kier alpha value is -1.95. The summed E-state index contributed by atoms with van der Waals surface area (Å²) in [6.45, 7) is 0. The molecule has 2 rings (SSSR count). The summed E-state index contributed by atoms with van der Waals surface area (Å²) in [6.07, 6.45) is 1.86. The molecule has 18 heavy (non-hydrogen) atoms. The molecule has 2 aromatic heterocycles. The maximum absolute atomic E-state index is 11.5. The van der Waals surface area contributed by atoms with E-state index < -0.39 is 11.2 Å². The quantitative estimate of drug-likeness (QED) is 0.732. The zero-order valence-electron chi connectivity index (χ0n) is 9.39. The Kier molecular flexibility index (Phi) is 3.57. The van der Waals surface area contributed by atoms with Gasteiger partial charge in [-0.1, -0.05) is 6.07 Å². The lowest BCUT2D eigenvalue weighted by Crippen LogP contribution is -2.18. The maximum Gasteiger partial charge on any atom is 0.209 e. The highest BCUT2D eigenvalue weighted by Crippen LogP contribution is 2.29. The monoisotopic (exact) mass is 264 g/mol. The molecule has 0 fully saturated rings. The number of nitrogens with zero attached hydrogens (tertiary/aromatic N) is 2. The van der Waals surface area contributed by atoms with Crippen LogP contribution in [0, 0.1) is 0 Å². The van der Waals surface area contributed by atoms with Crippen LogP contribution in [-0.4, -0.2) is 24.9 Å². The van der Waals surface area contributed by atoms with Crippen LogP contribution in [0.25, 0.3) is 0 Å². The predicted octanol–water partition coefficient (Wildman–Crippen LogP) is 1.53. The molecular formula is C12H12N2O3S. The summed E-state index contributed by atoms with van der Waals surface area (Å²) in [5.41, 5.74) is 0.678. The lowest BCUT2D eigenvalue weighted by Gasteiger charge is -2.16. The molecule has 0 amide bonds. The van der Waals surface area contributed by atoms with Gasteiger partial charge in [0.05, 0.1) is 0 Å². The molecule has 5 nitrogen and oxygen atoms in total. The highest BCUT2D eigenvalue weighted by Gasteiger charge is 2.23. The summed E-state index contributed by atoms with van der Waals surface area (Å²) >= 11 is 3.79. The average Bonchev–Trinajstić information content (AvgIpc) is 2.67. The molecule has 2 N–H and O–H groups in total. The topological polar surface area (TPSA) is 75.4 Å². The minimum atomic E-state index is -0.793. The van der Waals surface area contributed by atoms with Crippen molar-refractivity contribution in [1.29, 1.82) is 0 Å². The smallest absolute Gasteiger partial charge is 0.209 e. The predicted molar refractivity (Wildman–Crippen MR) is 68.7 cm³/mol. The molecule has 0 aliphatic rings. The standard InChI is InChI=1S/C12H12N2O3S/c15-10-4-5-11(16)14(10)9(12(17)18)7-8-3-1-2-6-13-8/h1-6,9,15-16H,7H2,(H,17,18). The summed E-state index contributed by atoms with van der Waals surface area (Å²) in [5, 5.41) is 18.8. The van der Waals surface area contributed by atoms with Crippen LogP contribution in [0.1, 0.15) is 11.7 Å². The van der Waals surface area contributed by atoms with Crippen molar-refractivity contribution >= 4 is 17.7 Å². The first-order chi connectivity index (χ1) is 8.59. The molecule has 0 spiro atoms. The molecule has 94 valence electrons. The minimum absolute atomic E-state index is 0.184. The lowest BCUT2D eigenvalue weighted by atomic mass is 10.1. The Labute approximate surface area is 109 Å². The third-order valence-electron chi connectivity index (χ3n) is 2.60. The van der Waals surface area contributed by atoms with Crippen molar-refractivity contribution in [3.63, 3.8) is 0 Å². The molecule has 1 unspecified atom stereocenters. The molecule has 6 heteroatoms. The Balaban J connectivity index is 2.33. The van der Waals surface area contributed by atoms with E-state index >= 15 is 0 Å². The third-order valence-corrected chi connectivity index (χ3v) is 2.90. The van der Waals surface area contributed by atoms with Crippen molar-refractivity contribution in [2.75, 3.05) is 0 Å². The van der Waals surface area contributed by atoms with Crippen molar-refractivity contribution in [1.82, 2.24) is 9.55 Å². The van der Waals surface area contributed by atoms with Crippen LogP contribution in [0.15, 0.2) is 36.5 Å². The highest BCUT2D eigenvalue weighted by molar-refractivity contribution is 7.96. The van der Waals surface area contributed by atoms with Gasteiger partial charge < -0.3 is 10.2 Å². The van der Waals surface area contributed by atoms with Gasteiger partial charge in [0.2, 0.25) is 5.12 Å². The van der Waals surface area contributed by atoms with E-state index in [2.05, 4.69) is 17.6 Å². The second-order valence-corrected chi connectivity index (χ2v) is 4.24. The van der Waals surface area contributed by atoms with Crippen LogP contribution >= 0.6 is 12.6 Å². The van der Waals surface area contributed by atoms with Crippen LogP contribution in [0.3, 0.4) is 0 Å². The van der Waals surface area contributed by atoms with Crippen LogP contribution in [0.2, 0.25) is 0 Å². The second kappa shape index (κ2) is 5.14. The van der Waals surface area contributed by atoms with Gasteiger partial charge in [0.15, 0.2) is 11.8 Å². The first-order valence-electron chi connectivity index (χ1n) is 5.31. The van der Waals surface area contributed by atoms with Crippen LogP contribution in [0.5, 0.6) is 11.8 Å². The van der Waals surface area contributed by atoms with Crippen molar-refractivity contribution in [3.8, 4) is 11.8 Å². The Bertz CT molecular complexity index is 534. The SMILES string of the molecule is O=C(S)C(Cc1ccccn1)n1c(O)ccc1O. The maximum atomic E-state index is 11.5. The molecule has 0 saturated carbocycles. The van der Waals surface area contributed by atoms with E-state index in [1.807, 2.05) is 0 Å². The van der Waals surface area contributed by atoms with Crippen LogP contribution < -0.4 is 0 Å². The number of carbonyl (C=O) groups excluding carboxylic acids is 1. The fourth-order valence-corrected chi connectivity index (χ4v) is 1.96. The van der Waals surface area contributed by atoms with E-state index in [1.54, 1.807) is 24.4 Å². The van der Waals surface area contributed by atoms with Gasteiger partial charge in [0, 0.05) is 30.4 Å². The van der Waals surface area contributed by atoms with Gasteiger partial charge in [-0.25, -0.2) is 0 Å². The number of carbonyl (C=O) groups is 1. The Morgan fingerprint density at radius 2 is 1.94 bits per heavy atom. The van der Waals surface area contributed by atoms with Gasteiger partial charge >= 0.3 is 0 Å². The van der Waals surface area contributed by atoms with Gasteiger partial charge in [-0.2, -0.15) is 0 Å². The number of hydrogen-bond donors (Lipinski definition) is 3. The van der Waals surface area contributed by atoms with Gasteiger partial charge in [-0.05, 0) is 12.1 Å². The van der Waals surface area contributed by atoms with Gasteiger partial charge in [-0.15, -0.1) is 12.6 Å². The van der Waals surface area contributed by atoms with E-state index in [1.165, 1.54) is 12.1 Å². The molecule has 0 saturated heterocycles. The molecule has 0 aromatic carbocycles. The minimum Gasteiger partial charge on any atom is -0.494 e. The third kappa shape index (κ3) is 2.48. The summed E-state index contributed by atoms with van der Waals surface area (Å²) in [6, 6.07) is 7.18. The molecule has 0 aliphatic heterocycles. The zero-order valence-corrected chi connectivity index (χ0v) is 10.3. The van der Waals surface area contributed by atoms with E-state index in [4.69, 9.17) is 0 Å². The average molecular weight is 264 g/mol. The van der Waals surface area contributed by atoms with Crippen molar-refractivity contribution in [2.24, 2.45) is 0 Å². The van der Waals surface area contributed by atoms with Crippen molar-refractivity contribution in [3.05, 3.63) is 42.2 Å². The number of rotatable bonds is 4. The molecular weight excluding hydrogens is 252 g/mol. The number of aromatic nitrogens is 2. The molecule has 0 aliphatic carbocycles. The van der Waals surface area contributed by atoms with Gasteiger partial charge in [0.25, 0.3) is 0 Å². The summed E-state index contributed by atoms with van der Waals surface area (Å²) in [5.74, 6) is -0.369. The summed E-state index contributed by atoms with van der Waals surface area (Å²) in [7, 11) is 0. The first-order valence-corrected chi connectivity index (χ1v) is 5.76. The van der Waals surface area contributed by atoms with Gasteiger partial charge in [0.1, 0.15) is 6.04 Å². The van der Waals surface area contributed by atoms with E-state index in [0.717, 1.165) is 4.57 Å². The molecule has 2 heterocycles. The van der Waals surface area contributed by atoms with Crippen LogP contribution in [0.4, 0.5) is 0 Å². The van der Waals surface area contributed by atoms with E-state index in [0.29, 0.717) is 5.69 Å². The van der Waals surface area contributed by atoms with Crippen molar-refractivity contribution < 1.29 is 15.0 Å².